The second-order valence-electron chi connectivity index (χ2n) is 6.64. The molecule has 1 saturated heterocycles. The van der Waals surface area contributed by atoms with Gasteiger partial charge in [-0.05, 0) is 42.8 Å². The van der Waals surface area contributed by atoms with Gasteiger partial charge < -0.3 is 5.11 Å². The smallest absolute Gasteiger partial charge is 0.302 e. The van der Waals surface area contributed by atoms with E-state index in [-0.39, 0.29) is 22.8 Å². The van der Waals surface area contributed by atoms with E-state index in [1.54, 1.807) is 18.2 Å². The Morgan fingerprint density at radius 1 is 1.00 bits per heavy atom. The number of hydrogen-bond acceptors (Lipinski definition) is 5. The molecule has 1 atom stereocenters. The Morgan fingerprint density at radius 2 is 1.62 bits per heavy atom. The molecule has 1 aliphatic rings. The highest BCUT2D eigenvalue weighted by atomic mass is 19.1. The predicted octanol–water partition coefficient (Wildman–Crippen LogP) is 3.55. The highest BCUT2D eigenvalue weighted by Crippen LogP contribution is 2.40. The van der Waals surface area contributed by atoms with E-state index in [1.165, 1.54) is 41.6 Å². The molecule has 1 aliphatic heterocycles. The maximum absolute atomic E-state index is 13.3. The van der Waals surface area contributed by atoms with E-state index in [0.717, 1.165) is 5.56 Å². The molecule has 1 amide bonds. The van der Waals surface area contributed by atoms with Crippen molar-refractivity contribution in [2.45, 2.75) is 13.0 Å². The lowest BCUT2D eigenvalue weighted by Gasteiger charge is -2.23. The molecule has 6 nitrogen and oxygen atoms in total. The van der Waals surface area contributed by atoms with Crippen LogP contribution in [0.15, 0.2) is 72.6 Å². The molecule has 1 N–H and O–H groups in total. The first kappa shape index (κ1) is 18.5. The van der Waals surface area contributed by atoms with Gasteiger partial charge in [-0.1, -0.05) is 29.8 Å². The number of aryl methyl sites for hydroxylation is 1. The van der Waals surface area contributed by atoms with Gasteiger partial charge in [-0.25, -0.2) is 14.4 Å². The standard InChI is InChI=1S/C22H16FN3O3/c1-13-3-5-14(6-4-13)18-17(19(27)15-7-9-16(23)10-8-15)20(28)21(29)26(18)22-24-11-2-12-25-22/h2-12,18,27H,1H3/b19-17-. The normalized spacial score (nSPS) is 18.3. The Morgan fingerprint density at radius 3 is 2.24 bits per heavy atom. The monoisotopic (exact) mass is 389 g/mol. The zero-order valence-corrected chi connectivity index (χ0v) is 15.4. The fourth-order valence-corrected chi connectivity index (χ4v) is 3.28. The first-order valence-electron chi connectivity index (χ1n) is 8.88. The van der Waals surface area contributed by atoms with Gasteiger partial charge in [-0.15, -0.1) is 0 Å². The second-order valence-corrected chi connectivity index (χ2v) is 6.64. The number of aromatic nitrogens is 2. The van der Waals surface area contributed by atoms with Crippen molar-refractivity contribution in [3.8, 4) is 0 Å². The van der Waals surface area contributed by atoms with Crippen LogP contribution in [0.5, 0.6) is 0 Å². The van der Waals surface area contributed by atoms with E-state index in [0.29, 0.717) is 5.56 Å². The molecule has 1 fully saturated rings. The molecule has 0 radical (unpaired) electrons. The zero-order valence-electron chi connectivity index (χ0n) is 15.4. The van der Waals surface area contributed by atoms with Crippen LogP contribution in [0.1, 0.15) is 22.7 Å². The average Bonchev–Trinajstić information content (AvgIpc) is 3.00. The number of Topliss-reactive ketones (excluding diaryl/α,β-unsaturated/α-hetero) is 1. The number of amides is 1. The maximum Gasteiger partial charge on any atom is 0.302 e. The van der Waals surface area contributed by atoms with Crippen LogP contribution in [0.2, 0.25) is 0 Å². The van der Waals surface area contributed by atoms with Gasteiger partial charge in [0.25, 0.3) is 5.78 Å². The summed E-state index contributed by atoms with van der Waals surface area (Å²) in [6, 6.07) is 13.0. The average molecular weight is 389 g/mol. The van der Waals surface area contributed by atoms with E-state index in [9.17, 15) is 19.1 Å². The summed E-state index contributed by atoms with van der Waals surface area (Å²) in [5.41, 5.74) is 1.75. The Bertz CT molecular complexity index is 1110. The molecule has 1 aromatic heterocycles. The summed E-state index contributed by atoms with van der Waals surface area (Å²) in [5, 5.41) is 10.9. The van der Waals surface area contributed by atoms with Crippen molar-refractivity contribution < 1.29 is 19.1 Å². The van der Waals surface area contributed by atoms with Gasteiger partial charge in [-0.2, -0.15) is 0 Å². The number of benzene rings is 2. The summed E-state index contributed by atoms with van der Waals surface area (Å²) < 4.78 is 13.3. The number of carbonyl (C=O) groups excluding carboxylic acids is 2. The molecule has 2 heterocycles. The third-order valence-electron chi connectivity index (χ3n) is 4.72. The molecule has 0 saturated carbocycles. The van der Waals surface area contributed by atoms with Crippen LogP contribution < -0.4 is 4.90 Å². The third-order valence-corrected chi connectivity index (χ3v) is 4.72. The van der Waals surface area contributed by atoms with Gasteiger partial charge >= 0.3 is 5.91 Å². The summed E-state index contributed by atoms with van der Waals surface area (Å²) in [6.45, 7) is 1.92. The van der Waals surface area contributed by atoms with Gasteiger partial charge in [0.1, 0.15) is 11.6 Å². The molecule has 29 heavy (non-hydrogen) atoms. The number of halogens is 1. The van der Waals surface area contributed by atoms with Gasteiger partial charge in [0.2, 0.25) is 5.95 Å². The number of aliphatic hydroxyl groups is 1. The number of hydrogen-bond donors (Lipinski definition) is 1. The quantitative estimate of drug-likeness (QED) is 0.421. The predicted molar refractivity (Wildman–Crippen MR) is 104 cm³/mol. The van der Waals surface area contributed by atoms with E-state index < -0.39 is 23.5 Å². The molecule has 0 spiro atoms. The SMILES string of the molecule is Cc1ccc(C2/C(=C(/O)c3ccc(F)cc3)C(=O)C(=O)N2c2ncccn2)cc1. The van der Waals surface area contributed by atoms with Crippen LogP contribution in [-0.2, 0) is 9.59 Å². The van der Waals surface area contributed by atoms with Crippen LogP contribution in [-0.4, -0.2) is 26.8 Å². The third kappa shape index (κ3) is 3.27. The largest absolute Gasteiger partial charge is 0.507 e. The van der Waals surface area contributed by atoms with E-state index >= 15 is 0 Å². The summed E-state index contributed by atoms with van der Waals surface area (Å²) in [6.07, 6.45) is 2.93. The van der Waals surface area contributed by atoms with Crippen LogP contribution in [0.25, 0.3) is 5.76 Å². The molecular weight excluding hydrogens is 373 g/mol. The molecule has 1 unspecified atom stereocenters. The lowest BCUT2D eigenvalue weighted by Crippen LogP contribution is -2.31. The number of nitrogens with zero attached hydrogens (tertiary/aromatic N) is 3. The minimum absolute atomic E-state index is 0.0540. The van der Waals surface area contributed by atoms with Crippen molar-refractivity contribution in [2.75, 3.05) is 4.90 Å². The second kappa shape index (κ2) is 7.27. The summed E-state index contributed by atoms with van der Waals surface area (Å²) in [4.78, 5) is 35.1. The van der Waals surface area contributed by atoms with E-state index in [1.807, 2.05) is 19.1 Å². The van der Waals surface area contributed by atoms with Crippen LogP contribution in [0, 0.1) is 12.7 Å². The molecule has 2 aromatic carbocycles. The lowest BCUT2D eigenvalue weighted by molar-refractivity contribution is -0.132. The summed E-state index contributed by atoms with van der Waals surface area (Å²) >= 11 is 0. The van der Waals surface area contributed by atoms with Crippen LogP contribution >= 0.6 is 0 Å². The molecule has 3 aromatic rings. The minimum atomic E-state index is -0.914. The number of anilines is 1. The van der Waals surface area contributed by atoms with Crippen molar-refractivity contribution in [3.05, 3.63) is 95.1 Å². The number of carbonyl (C=O) groups is 2. The van der Waals surface area contributed by atoms with Crippen molar-refractivity contribution in [2.24, 2.45) is 0 Å². The van der Waals surface area contributed by atoms with E-state index in [2.05, 4.69) is 9.97 Å². The Labute approximate surface area is 166 Å². The van der Waals surface area contributed by atoms with Crippen molar-refractivity contribution in [1.29, 1.82) is 0 Å². The molecule has 0 aliphatic carbocycles. The first-order valence-corrected chi connectivity index (χ1v) is 8.88. The number of rotatable bonds is 3. The summed E-state index contributed by atoms with van der Waals surface area (Å²) in [5.74, 6) is -2.50. The highest BCUT2D eigenvalue weighted by Gasteiger charge is 2.48. The Hall–Kier alpha value is -3.87. The minimum Gasteiger partial charge on any atom is -0.507 e. The first-order chi connectivity index (χ1) is 14.0. The Kier molecular flexibility index (Phi) is 4.64. The van der Waals surface area contributed by atoms with Crippen molar-refractivity contribution >= 4 is 23.4 Å². The van der Waals surface area contributed by atoms with Crippen LogP contribution in [0.3, 0.4) is 0 Å². The zero-order chi connectivity index (χ0) is 20.5. The molecule has 7 heteroatoms. The van der Waals surface area contributed by atoms with Gasteiger partial charge in [0.05, 0.1) is 11.6 Å². The van der Waals surface area contributed by atoms with E-state index in [4.69, 9.17) is 0 Å². The van der Waals surface area contributed by atoms with Crippen LogP contribution in [0.4, 0.5) is 10.3 Å². The fraction of sp³-hybridized carbons (Fsp3) is 0.0909. The number of ketones is 1. The van der Waals surface area contributed by atoms with Crippen molar-refractivity contribution in [3.63, 3.8) is 0 Å². The molecule has 0 bridgehead atoms. The van der Waals surface area contributed by atoms with Crippen molar-refractivity contribution in [1.82, 2.24) is 9.97 Å². The molecule has 144 valence electrons. The summed E-state index contributed by atoms with van der Waals surface area (Å²) in [7, 11) is 0. The highest BCUT2D eigenvalue weighted by molar-refractivity contribution is 6.51. The molecular formula is C22H16FN3O3. The van der Waals surface area contributed by atoms with Gasteiger partial charge in [0.15, 0.2) is 0 Å². The molecule has 4 rings (SSSR count). The topological polar surface area (TPSA) is 83.4 Å². The fourth-order valence-electron chi connectivity index (χ4n) is 3.28. The number of aliphatic hydroxyl groups excluding tert-OH is 1. The van der Waals surface area contributed by atoms with Gasteiger partial charge in [-0.3, -0.25) is 14.5 Å². The Balaban J connectivity index is 1.94. The maximum atomic E-state index is 13.3. The lowest BCUT2D eigenvalue weighted by atomic mass is 9.95. The van der Waals surface area contributed by atoms with Gasteiger partial charge in [0, 0.05) is 18.0 Å².